The molecule has 0 aromatic carbocycles. The molecule has 0 saturated heterocycles. The van der Waals surface area contributed by atoms with Gasteiger partial charge in [0.1, 0.15) is 11.5 Å². The molecule has 0 saturated carbocycles. The van der Waals surface area contributed by atoms with Gasteiger partial charge in [0, 0.05) is 5.92 Å². The van der Waals surface area contributed by atoms with Crippen LogP contribution in [0.2, 0.25) is 0 Å². The van der Waals surface area contributed by atoms with Crippen molar-refractivity contribution in [1.29, 1.82) is 0 Å². The van der Waals surface area contributed by atoms with Crippen molar-refractivity contribution in [3.05, 3.63) is 46.4 Å². The van der Waals surface area contributed by atoms with E-state index in [0.717, 1.165) is 17.7 Å². The van der Waals surface area contributed by atoms with Gasteiger partial charge in [-0.1, -0.05) is 44.2 Å². The molecule has 2 aromatic rings. The maximum absolute atomic E-state index is 11.2. The van der Waals surface area contributed by atoms with Gasteiger partial charge in [-0.3, -0.25) is 9.51 Å². The molecule has 2 heterocycles. The van der Waals surface area contributed by atoms with Crippen molar-refractivity contribution in [3.8, 4) is 11.5 Å². The zero-order chi connectivity index (χ0) is 15.7. The molecule has 1 N–H and O–H groups in total. The summed E-state index contributed by atoms with van der Waals surface area (Å²) < 4.78 is 4.57. The normalized spacial score (nSPS) is 17.8. The van der Waals surface area contributed by atoms with E-state index in [9.17, 15) is 4.79 Å². The van der Waals surface area contributed by atoms with E-state index >= 15 is 0 Å². The Bertz CT molecular complexity index is 798. The molecule has 1 unspecified atom stereocenters. The van der Waals surface area contributed by atoms with E-state index in [0.29, 0.717) is 23.3 Å². The van der Waals surface area contributed by atoms with Gasteiger partial charge in [0.15, 0.2) is 0 Å². The minimum Gasteiger partial charge on any atom is -0.296 e. The van der Waals surface area contributed by atoms with Gasteiger partial charge in [0.2, 0.25) is 5.82 Å². The van der Waals surface area contributed by atoms with Gasteiger partial charge >= 0.3 is 5.76 Å². The Morgan fingerprint density at radius 1 is 1.32 bits per heavy atom. The average molecular weight is 298 g/mol. The number of aromatic nitrogens is 4. The highest BCUT2D eigenvalue weighted by atomic mass is 16.5. The zero-order valence-electron chi connectivity index (χ0n) is 12.8. The lowest BCUT2D eigenvalue weighted by Crippen LogP contribution is -2.05. The van der Waals surface area contributed by atoms with E-state index in [2.05, 4.69) is 49.8 Å². The van der Waals surface area contributed by atoms with Crippen molar-refractivity contribution >= 4 is 5.57 Å². The molecule has 0 spiro atoms. The highest BCUT2D eigenvalue weighted by Gasteiger charge is 2.15. The monoisotopic (exact) mass is 298 g/mol. The van der Waals surface area contributed by atoms with Crippen LogP contribution in [0.15, 0.2) is 33.6 Å². The zero-order valence-corrected chi connectivity index (χ0v) is 12.8. The van der Waals surface area contributed by atoms with Crippen LogP contribution in [0.3, 0.4) is 0 Å². The van der Waals surface area contributed by atoms with E-state index in [4.69, 9.17) is 0 Å². The van der Waals surface area contributed by atoms with Gasteiger partial charge in [0.25, 0.3) is 0 Å². The van der Waals surface area contributed by atoms with Gasteiger partial charge in [-0.05, 0) is 24.0 Å². The molecule has 0 bridgehead atoms. The summed E-state index contributed by atoms with van der Waals surface area (Å²) in [7, 11) is 0. The number of H-pyrrole nitrogens is 1. The number of hydrogen-bond acceptors (Lipinski definition) is 5. The van der Waals surface area contributed by atoms with Crippen LogP contribution in [0.5, 0.6) is 0 Å². The summed E-state index contributed by atoms with van der Waals surface area (Å²) in [5.41, 5.74) is 2.46. The van der Waals surface area contributed by atoms with Crippen LogP contribution >= 0.6 is 0 Å². The maximum Gasteiger partial charge on any atom is 0.439 e. The third-order valence-electron chi connectivity index (χ3n) is 3.51. The van der Waals surface area contributed by atoms with Crippen LogP contribution < -0.4 is 5.76 Å². The average Bonchev–Trinajstić information content (AvgIpc) is 2.93. The summed E-state index contributed by atoms with van der Waals surface area (Å²) in [4.78, 5) is 22.8. The first kappa shape index (κ1) is 14.4. The number of nitrogens with zero attached hydrogens (tertiary/aromatic N) is 3. The van der Waals surface area contributed by atoms with Gasteiger partial charge in [-0.2, -0.15) is 0 Å². The van der Waals surface area contributed by atoms with Crippen molar-refractivity contribution in [2.45, 2.75) is 33.1 Å². The number of rotatable bonds is 3. The van der Waals surface area contributed by atoms with Crippen LogP contribution in [0.4, 0.5) is 0 Å². The fourth-order valence-corrected chi connectivity index (χ4v) is 2.34. The third kappa shape index (κ3) is 2.90. The first-order valence-electron chi connectivity index (χ1n) is 7.37. The third-order valence-corrected chi connectivity index (χ3v) is 3.51. The largest absolute Gasteiger partial charge is 0.439 e. The fourth-order valence-electron chi connectivity index (χ4n) is 2.34. The Balaban J connectivity index is 2.12. The Kier molecular flexibility index (Phi) is 3.75. The molecule has 0 radical (unpaired) electrons. The van der Waals surface area contributed by atoms with Crippen molar-refractivity contribution in [3.63, 3.8) is 0 Å². The van der Waals surface area contributed by atoms with E-state index < -0.39 is 5.76 Å². The summed E-state index contributed by atoms with van der Waals surface area (Å²) in [5, 5.41) is 3.72. The van der Waals surface area contributed by atoms with Crippen molar-refractivity contribution < 1.29 is 4.52 Å². The van der Waals surface area contributed by atoms with E-state index in [-0.39, 0.29) is 5.92 Å². The van der Waals surface area contributed by atoms with Crippen LogP contribution in [-0.2, 0) is 0 Å². The van der Waals surface area contributed by atoms with Gasteiger partial charge in [0.05, 0.1) is 5.69 Å². The number of allylic oxidation sites excluding steroid dienone is 4. The van der Waals surface area contributed by atoms with Crippen molar-refractivity contribution in [2.24, 2.45) is 5.92 Å². The topological polar surface area (TPSA) is 84.7 Å². The second kappa shape index (κ2) is 5.71. The van der Waals surface area contributed by atoms with Crippen LogP contribution in [-0.4, -0.2) is 20.1 Å². The molecule has 1 atom stereocenters. The predicted octanol–water partition coefficient (Wildman–Crippen LogP) is 2.92. The van der Waals surface area contributed by atoms with E-state index in [1.165, 1.54) is 0 Å². The Morgan fingerprint density at radius 3 is 2.73 bits per heavy atom. The van der Waals surface area contributed by atoms with E-state index in [1.54, 1.807) is 0 Å². The molecule has 1 aliphatic carbocycles. The van der Waals surface area contributed by atoms with Gasteiger partial charge < -0.3 is 0 Å². The van der Waals surface area contributed by atoms with Crippen molar-refractivity contribution in [2.75, 3.05) is 0 Å². The quantitative estimate of drug-likeness (QED) is 0.941. The summed E-state index contributed by atoms with van der Waals surface area (Å²) in [5.74, 6) is 1.09. The summed E-state index contributed by atoms with van der Waals surface area (Å²) in [6.45, 7) is 6.23. The molecule has 0 fully saturated rings. The molecule has 3 rings (SSSR count). The predicted molar refractivity (Wildman–Crippen MR) is 83.1 cm³/mol. The molecule has 114 valence electrons. The maximum atomic E-state index is 11.2. The van der Waals surface area contributed by atoms with Crippen molar-refractivity contribution in [1.82, 2.24) is 20.1 Å². The Labute approximate surface area is 128 Å². The first-order chi connectivity index (χ1) is 10.5. The standard InChI is InChI=1S/C16H18N4O2/c1-9(2)14-17-12(11-6-4-5-10(3)7-11)8-13(18-14)15-19-16(21)22-20-15/h4,6-10H,5H2,1-3H3,(H,19,20,21). The molecule has 6 heteroatoms. The highest BCUT2D eigenvalue weighted by molar-refractivity contribution is 5.74. The first-order valence-corrected chi connectivity index (χ1v) is 7.37. The lowest BCUT2D eigenvalue weighted by Gasteiger charge is -2.14. The van der Waals surface area contributed by atoms with E-state index in [1.807, 2.05) is 19.9 Å². The Hall–Kier alpha value is -2.50. The van der Waals surface area contributed by atoms with Crippen LogP contribution in [0.25, 0.3) is 17.1 Å². The second-order valence-corrected chi connectivity index (χ2v) is 5.83. The molecule has 1 aliphatic rings. The lowest BCUT2D eigenvalue weighted by atomic mass is 9.96. The van der Waals surface area contributed by atoms with Gasteiger partial charge in [-0.25, -0.2) is 14.8 Å². The Morgan fingerprint density at radius 2 is 2.09 bits per heavy atom. The van der Waals surface area contributed by atoms with Crippen LogP contribution in [0.1, 0.15) is 44.6 Å². The number of nitrogens with one attached hydrogen (secondary N) is 1. The van der Waals surface area contributed by atoms with Crippen LogP contribution in [0, 0.1) is 5.92 Å². The number of aromatic amines is 1. The SMILES string of the molecule is CC1C=C(c2cc(-c3noc(=O)[nH]3)nc(C(C)C)n2)C=CC1. The summed E-state index contributed by atoms with van der Waals surface area (Å²) in [6.07, 6.45) is 7.45. The highest BCUT2D eigenvalue weighted by Crippen LogP contribution is 2.26. The molecule has 22 heavy (non-hydrogen) atoms. The molecular weight excluding hydrogens is 280 g/mol. The molecule has 2 aromatic heterocycles. The summed E-state index contributed by atoms with van der Waals surface area (Å²) in [6, 6.07) is 1.83. The molecule has 0 aliphatic heterocycles. The number of hydrogen-bond donors (Lipinski definition) is 1. The van der Waals surface area contributed by atoms with Gasteiger partial charge in [-0.15, -0.1) is 0 Å². The summed E-state index contributed by atoms with van der Waals surface area (Å²) >= 11 is 0. The minimum absolute atomic E-state index is 0.169. The molecule has 6 nitrogen and oxygen atoms in total. The minimum atomic E-state index is -0.591. The molecule has 0 amide bonds. The fraction of sp³-hybridized carbons (Fsp3) is 0.375. The second-order valence-electron chi connectivity index (χ2n) is 5.83. The smallest absolute Gasteiger partial charge is 0.296 e. The molecular formula is C16H18N4O2. The lowest BCUT2D eigenvalue weighted by molar-refractivity contribution is 0.387.